The lowest BCUT2D eigenvalue weighted by atomic mass is 10.1. The summed E-state index contributed by atoms with van der Waals surface area (Å²) in [6.45, 7) is 1.33. The van der Waals surface area contributed by atoms with Crippen LogP contribution >= 0.6 is 23.4 Å². The summed E-state index contributed by atoms with van der Waals surface area (Å²) in [5, 5.41) is 5.85. The van der Waals surface area contributed by atoms with Crippen molar-refractivity contribution >= 4 is 40.9 Å². The highest BCUT2D eigenvalue weighted by molar-refractivity contribution is 8.01. The van der Waals surface area contributed by atoms with Gasteiger partial charge in [0.2, 0.25) is 11.8 Å². The highest BCUT2D eigenvalue weighted by Crippen LogP contribution is 2.38. The van der Waals surface area contributed by atoms with Crippen LogP contribution in [0.2, 0.25) is 5.02 Å². The Morgan fingerprint density at radius 2 is 1.89 bits per heavy atom. The van der Waals surface area contributed by atoms with Crippen LogP contribution in [0.4, 0.5) is 5.69 Å². The minimum Gasteiger partial charge on any atom is -0.352 e. The third kappa shape index (κ3) is 5.48. The lowest BCUT2D eigenvalue weighted by Gasteiger charge is -2.23. The van der Waals surface area contributed by atoms with E-state index >= 15 is 0 Å². The van der Waals surface area contributed by atoms with Gasteiger partial charge in [-0.05, 0) is 43.4 Å². The molecule has 142 valence electrons. The van der Waals surface area contributed by atoms with Crippen molar-refractivity contribution in [1.29, 1.82) is 0 Å². The topological polar surface area (TPSA) is 61.4 Å². The van der Waals surface area contributed by atoms with Crippen molar-refractivity contribution in [1.82, 2.24) is 10.2 Å². The maximum absolute atomic E-state index is 12.3. The largest absolute Gasteiger partial charge is 0.352 e. The first-order chi connectivity index (χ1) is 12.9. The number of fused-ring (bicyclic) bond motifs is 1. The first kappa shape index (κ1) is 19.7. The smallest absolute Gasteiger partial charge is 0.238 e. The molecule has 2 aromatic carbocycles. The van der Waals surface area contributed by atoms with Crippen molar-refractivity contribution in [2.24, 2.45) is 0 Å². The molecular formula is C20H22ClN3O2S. The molecule has 0 spiro atoms. The molecule has 5 nitrogen and oxygen atoms in total. The predicted octanol–water partition coefficient (Wildman–Crippen LogP) is 3.52. The van der Waals surface area contributed by atoms with Crippen LogP contribution in [0.5, 0.6) is 0 Å². The lowest BCUT2D eigenvalue weighted by molar-refractivity contribution is -0.124. The van der Waals surface area contributed by atoms with Gasteiger partial charge < -0.3 is 15.5 Å². The average molecular weight is 404 g/mol. The summed E-state index contributed by atoms with van der Waals surface area (Å²) < 4.78 is 0. The van der Waals surface area contributed by atoms with Crippen molar-refractivity contribution in [2.75, 3.05) is 19.4 Å². The van der Waals surface area contributed by atoms with Gasteiger partial charge in [0.15, 0.2) is 0 Å². The number of nitrogens with zero attached hydrogens (tertiary/aromatic N) is 1. The van der Waals surface area contributed by atoms with Crippen molar-refractivity contribution in [3.05, 3.63) is 58.6 Å². The fraction of sp³-hybridized carbons (Fsp3) is 0.300. The third-order valence-electron chi connectivity index (χ3n) is 4.14. The van der Waals surface area contributed by atoms with Crippen molar-refractivity contribution in [2.45, 2.75) is 29.7 Å². The van der Waals surface area contributed by atoms with Gasteiger partial charge in [-0.15, -0.1) is 11.8 Å². The summed E-state index contributed by atoms with van der Waals surface area (Å²) >= 11 is 7.35. The van der Waals surface area contributed by atoms with Crippen molar-refractivity contribution < 1.29 is 9.59 Å². The van der Waals surface area contributed by atoms with Crippen molar-refractivity contribution in [3.63, 3.8) is 0 Å². The molecule has 1 heterocycles. The molecule has 1 aliphatic heterocycles. The molecule has 3 rings (SSSR count). The molecule has 0 aromatic heterocycles. The number of halogens is 1. The summed E-state index contributed by atoms with van der Waals surface area (Å²) in [7, 11) is 4.06. The molecule has 0 saturated carbocycles. The minimum absolute atomic E-state index is 0.136. The monoisotopic (exact) mass is 403 g/mol. The zero-order chi connectivity index (χ0) is 19.4. The maximum atomic E-state index is 12.3. The number of nitrogens with one attached hydrogen (secondary N) is 2. The van der Waals surface area contributed by atoms with E-state index in [4.69, 9.17) is 11.6 Å². The van der Waals surface area contributed by atoms with Crippen LogP contribution in [0.25, 0.3) is 0 Å². The normalized spacial score (nSPS) is 16.0. The van der Waals surface area contributed by atoms with Gasteiger partial charge in [0, 0.05) is 29.4 Å². The molecule has 2 N–H and O–H groups in total. The fourth-order valence-corrected chi connectivity index (χ4v) is 4.09. The zero-order valence-electron chi connectivity index (χ0n) is 15.3. The van der Waals surface area contributed by atoms with Gasteiger partial charge in [0.25, 0.3) is 0 Å². The Labute approximate surface area is 168 Å². The Hall–Kier alpha value is -2.02. The second-order valence-corrected chi connectivity index (χ2v) is 8.45. The molecule has 2 aromatic rings. The van der Waals surface area contributed by atoms with E-state index in [1.54, 1.807) is 12.1 Å². The third-order valence-corrected chi connectivity index (χ3v) is 5.65. The summed E-state index contributed by atoms with van der Waals surface area (Å²) in [5.41, 5.74) is 2.96. The van der Waals surface area contributed by atoms with E-state index in [2.05, 4.69) is 27.7 Å². The number of thioether (sulfide) groups is 1. The number of hydrogen-bond acceptors (Lipinski definition) is 4. The number of hydrogen-bond donors (Lipinski definition) is 2. The number of benzene rings is 2. The highest BCUT2D eigenvalue weighted by Gasteiger charge is 2.29. The maximum Gasteiger partial charge on any atom is 0.238 e. The first-order valence-electron chi connectivity index (χ1n) is 8.67. The minimum atomic E-state index is -0.443. The molecule has 0 fully saturated rings. The molecule has 7 heteroatoms. The summed E-state index contributed by atoms with van der Waals surface area (Å²) in [4.78, 5) is 27.6. The van der Waals surface area contributed by atoms with Gasteiger partial charge >= 0.3 is 0 Å². The van der Waals surface area contributed by atoms with Gasteiger partial charge in [-0.1, -0.05) is 35.9 Å². The standard InChI is InChI=1S/C20H22ClN3O2S/c1-24(2)12-14-5-3-13(4-6-14)11-22-19(25)10-18-20(26)23-16-9-15(21)7-8-17(16)27-18/h3-9,18H,10-12H2,1-2H3,(H,22,25)(H,23,26). The summed E-state index contributed by atoms with van der Waals surface area (Å²) in [6.07, 6.45) is 0.136. The van der Waals surface area contributed by atoms with Crippen LogP contribution in [-0.4, -0.2) is 36.1 Å². The molecule has 27 heavy (non-hydrogen) atoms. The predicted molar refractivity (Wildman–Crippen MR) is 110 cm³/mol. The van der Waals surface area contributed by atoms with E-state index in [1.807, 2.05) is 32.3 Å². The Bertz CT molecular complexity index is 840. The summed E-state index contributed by atoms with van der Waals surface area (Å²) in [6, 6.07) is 13.5. The number of carbonyl (C=O) groups is 2. The van der Waals surface area contributed by atoms with Crippen LogP contribution < -0.4 is 10.6 Å². The second-order valence-electron chi connectivity index (χ2n) is 6.77. The molecule has 0 bridgehead atoms. The number of rotatable bonds is 6. The zero-order valence-corrected chi connectivity index (χ0v) is 16.9. The molecule has 1 aliphatic rings. The van der Waals surface area contributed by atoms with E-state index in [-0.39, 0.29) is 18.2 Å². The second kappa shape index (κ2) is 8.78. The van der Waals surface area contributed by atoms with E-state index < -0.39 is 5.25 Å². The van der Waals surface area contributed by atoms with Crippen LogP contribution in [0.1, 0.15) is 17.5 Å². The van der Waals surface area contributed by atoms with E-state index in [9.17, 15) is 9.59 Å². The fourth-order valence-electron chi connectivity index (χ4n) is 2.83. The van der Waals surface area contributed by atoms with E-state index in [0.29, 0.717) is 17.3 Å². The van der Waals surface area contributed by atoms with Gasteiger partial charge in [-0.3, -0.25) is 9.59 Å². The molecule has 0 aliphatic carbocycles. The van der Waals surface area contributed by atoms with Gasteiger partial charge in [0.05, 0.1) is 10.9 Å². The molecule has 0 radical (unpaired) electrons. The average Bonchev–Trinajstić information content (AvgIpc) is 2.61. The quantitative estimate of drug-likeness (QED) is 0.774. The number of carbonyl (C=O) groups excluding carboxylic acids is 2. The van der Waals surface area contributed by atoms with Gasteiger partial charge in [0.1, 0.15) is 0 Å². The summed E-state index contributed by atoms with van der Waals surface area (Å²) in [5.74, 6) is -0.310. The number of amides is 2. The van der Waals surface area contributed by atoms with Crippen LogP contribution in [0, 0.1) is 0 Å². The lowest BCUT2D eigenvalue weighted by Crippen LogP contribution is -2.34. The van der Waals surface area contributed by atoms with Crippen LogP contribution in [-0.2, 0) is 22.7 Å². The SMILES string of the molecule is CN(C)Cc1ccc(CNC(=O)CC2Sc3ccc(Cl)cc3NC2=O)cc1. The van der Waals surface area contributed by atoms with Crippen LogP contribution in [0.3, 0.4) is 0 Å². The molecule has 2 amide bonds. The Morgan fingerprint density at radius 1 is 1.19 bits per heavy atom. The van der Waals surface area contributed by atoms with E-state index in [0.717, 1.165) is 17.0 Å². The molecule has 0 saturated heterocycles. The Kier molecular flexibility index (Phi) is 6.42. The Balaban J connectivity index is 1.52. The highest BCUT2D eigenvalue weighted by atomic mass is 35.5. The number of anilines is 1. The molecule has 1 unspecified atom stereocenters. The van der Waals surface area contributed by atoms with Gasteiger partial charge in [-0.2, -0.15) is 0 Å². The van der Waals surface area contributed by atoms with Crippen LogP contribution in [0.15, 0.2) is 47.4 Å². The first-order valence-corrected chi connectivity index (χ1v) is 9.93. The molecule has 1 atom stereocenters. The molecular weight excluding hydrogens is 382 g/mol. The van der Waals surface area contributed by atoms with Gasteiger partial charge in [-0.25, -0.2) is 0 Å². The van der Waals surface area contributed by atoms with Crippen molar-refractivity contribution in [3.8, 4) is 0 Å². The Morgan fingerprint density at radius 3 is 2.59 bits per heavy atom. The van der Waals surface area contributed by atoms with E-state index in [1.165, 1.54) is 17.3 Å².